The van der Waals surface area contributed by atoms with Gasteiger partial charge in [-0.2, -0.15) is 10.4 Å². The fourth-order valence-corrected chi connectivity index (χ4v) is 4.70. The molecule has 38 heavy (non-hydrogen) atoms. The number of nitriles is 1. The lowest BCUT2D eigenvalue weighted by atomic mass is 10.1. The molecule has 2 aromatic heterocycles. The summed E-state index contributed by atoms with van der Waals surface area (Å²) >= 11 is 0. The summed E-state index contributed by atoms with van der Waals surface area (Å²) in [5, 5.41) is 17.4. The van der Waals surface area contributed by atoms with Crippen molar-refractivity contribution in [2.45, 2.75) is 25.4 Å². The smallest absolute Gasteiger partial charge is 0.251 e. The maximum Gasteiger partial charge on any atom is 0.251 e. The molecule has 190 valence electrons. The summed E-state index contributed by atoms with van der Waals surface area (Å²) in [4.78, 5) is 35.1. The number of hydrogen-bond donors (Lipinski definition) is 2. The van der Waals surface area contributed by atoms with Gasteiger partial charge >= 0.3 is 0 Å². The van der Waals surface area contributed by atoms with Crippen LogP contribution < -0.4 is 11.1 Å². The molecule has 10 nitrogen and oxygen atoms in total. The van der Waals surface area contributed by atoms with Gasteiger partial charge in [0.15, 0.2) is 5.65 Å². The Balaban J connectivity index is 1.37. The van der Waals surface area contributed by atoms with Crippen LogP contribution in [0.4, 0.5) is 5.82 Å². The fourth-order valence-electron chi connectivity index (χ4n) is 4.70. The predicted octanol–water partition coefficient (Wildman–Crippen LogP) is 3.23. The van der Waals surface area contributed by atoms with Gasteiger partial charge in [-0.3, -0.25) is 9.59 Å². The summed E-state index contributed by atoms with van der Waals surface area (Å²) in [6.07, 6.45) is 4.47. The van der Waals surface area contributed by atoms with Gasteiger partial charge in [-0.1, -0.05) is 30.8 Å². The lowest BCUT2D eigenvalue weighted by Crippen LogP contribution is -2.40. The molecule has 4 aromatic rings. The van der Waals surface area contributed by atoms with Crippen molar-refractivity contribution < 1.29 is 9.59 Å². The number of nitrogens with two attached hydrogens (primary N) is 1. The van der Waals surface area contributed by atoms with Gasteiger partial charge in [0, 0.05) is 30.8 Å². The van der Waals surface area contributed by atoms with Crippen LogP contribution in [0.3, 0.4) is 0 Å². The van der Waals surface area contributed by atoms with Crippen molar-refractivity contribution >= 4 is 28.7 Å². The third-order valence-corrected chi connectivity index (χ3v) is 6.70. The standard InChI is InChI=1S/C28H26N8O2/c1-2-23(37)35-13-3-4-22(16-35)36-27-24(26(30)32-17-33-27)25(34-36)20-9-7-19(8-10-20)15-31-28(38)21-11-5-18(14-29)6-12-21/h2,5-12,17,22H,1,3-4,13,15-16H2,(H,31,38)(H2,30,32,33). The summed E-state index contributed by atoms with van der Waals surface area (Å²) in [5.74, 6) is 0.0249. The van der Waals surface area contributed by atoms with E-state index in [0.29, 0.717) is 53.3 Å². The zero-order valence-corrected chi connectivity index (χ0v) is 20.7. The summed E-state index contributed by atoms with van der Waals surface area (Å²) in [6, 6.07) is 16.2. The lowest BCUT2D eigenvalue weighted by molar-refractivity contribution is -0.127. The van der Waals surface area contributed by atoms with Gasteiger partial charge in [0.05, 0.1) is 23.1 Å². The zero-order chi connectivity index (χ0) is 26.6. The molecule has 2 aromatic carbocycles. The largest absolute Gasteiger partial charge is 0.383 e. The fraction of sp³-hybridized carbons (Fsp3) is 0.214. The van der Waals surface area contributed by atoms with E-state index in [0.717, 1.165) is 24.0 Å². The van der Waals surface area contributed by atoms with Crippen LogP contribution in [0.15, 0.2) is 67.5 Å². The van der Waals surface area contributed by atoms with Gasteiger partial charge in [-0.05, 0) is 48.7 Å². The highest BCUT2D eigenvalue weighted by Crippen LogP contribution is 2.33. The van der Waals surface area contributed by atoms with Crippen LogP contribution in [0.25, 0.3) is 22.3 Å². The minimum atomic E-state index is -0.218. The van der Waals surface area contributed by atoms with Gasteiger partial charge in [0.25, 0.3) is 5.91 Å². The Labute approximate surface area is 219 Å². The first-order chi connectivity index (χ1) is 18.5. The molecule has 3 heterocycles. The third kappa shape index (κ3) is 4.82. The van der Waals surface area contributed by atoms with Crippen LogP contribution in [-0.4, -0.2) is 49.6 Å². The summed E-state index contributed by atoms with van der Waals surface area (Å²) < 4.78 is 1.86. The number of nitrogens with one attached hydrogen (secondary N) is 1. The van der Waals surface area contributed by atoms with E-state index in [4.69, 9.17) is 16.1 Å². The summed E-state index contributed by atoms with van der Waals surface area (Å²) in [6.45, 7) is 5.15. The molecule has 1 unspecified atom stereocenters. The van der Waals surface area contributed by atoms with E-state index in [1.807, 2.05) is 35.0 Å². The first-order valence-electron chi connectivity index (χ1n) is 12.3. The number of carbonyl (C=O) groups excluding carboxylic acids is 2. The van der Waals surface area contributed by atoms with Crippen LogP contribution >= 0.6 is 0 Å². The van der Waals surface area contributed by atoms with Gasteiger partial charge < -0.3 is 16.0 Å². The highest BCUT2D eigenvalue weighted by atomic mass is 16.2. The second kappa shape index (κ2) is 10.5. The van der Waals surface area contributed by atoms with Gasteiger partial charge in [0.1, 0.15) is 17.8 Å². The molecular weight excluding hydrogens is 480 g/mol. The average molecular weight is 507 g/mol. The van der Waals surface area contributed by atoms with Crippen molar-refractivity contribution in [3.8, 4) is 17.3 Å². The van der Waals surface area contributed by atoms with Crippen LogP contribution in [-0.2, 0) is 11.3 Å². The number of aromatic nitrogens is 4. The molecule has 10 heteroatoms. The van der Waals surface area contributed by atoms with E-state index in [1.165, 1.54) is 12.4 Å². The maximum atomic E-state index is 12.5. The molecular formula is C28H26N8O2. The molecule has 1 aliphatic rings. The monoisotopic (exact) mass is 506 g/mol. The van der Waals surface area contributed by atoms with E-state index in [9.17, 15) is 9.59 Å². The van der Waals surface area contributed by atoms with E-state index in [2.05, 4.69) is 21.9 Å². The molecule has 3 N–H and O–H groups in total. The molecule has 2 amide bonds. The van der Waals surface area contributed by atoms with Crippen LogP contribution in [0.5, 0.6) is 0 Å². The first-order valence-corrected chi connectivity index (χ1v) is 12.3. The molecule has 1 fully saturated rings. The van der Waals surface area contributed by atoms with Crippen LogP contribution in [0.2, 0.25) is 0 Å². The number of anilines is 1. The Morgan fingerprint density at radius 1 is 1.16 bits per heavy atom. The van der Waals surface area contributed by atoms with Gasteiger partial charge in [0.2, 0.25) is 5.91 Å². The third-order valence-electron chi connectivity index (χ3n) is 6.70. The van der Waals surface area contributed by atoms with Crippen LogP contribution in [0, 0.1) is 11.3 Å². The summed E-state index contributed by atoms with van der Waals surface area (Å²) in [5.41, 5.74) is 10.3. The Hall–Kier alpha value is -5.04. The molecule has 0 spiro atoms. The molecule has 0 saturated carbocycles. The number of rotatable bonds is 6. The molecule has 1 aliphatic heterocycles. The molecule has 0 bridgehead atoms. The Bertz CT molecular complexity index is 1550. The predicted molar refractivity (Wildman–Crippen MR) is 143 cm³/mol. The quantitative estimate of drug-likeness (QED) is 0.382. The van der Waals surface area contributed by atoms with Crippen LogP contribution in [0.1, 0.15) is 40.4 Å². The van der Waals surface area contributed by atoms with Crippen molar-refractivity contribution in [2.24, 2.45) is 0 Å². The van der Waals surface area contributed by atoms with Crippen molar-refractivity contribution in [1.29, 1.82) is 5.26 Å². The number of carbonyl (C=O) groups is 2. The SMILES string of the molecule is C=CC(=O)N1CCCC(n2nc(-c3ccc(CNC(=O)c4ccc(C#N)cc4)cc3)c3c(N)ncnc32)C1. The second-order valence-electron chi connectivity index (χ2n) is 9.10. The first kappa shape index (κ1) is 24.6. The lowest BCUT2D eigenvalue weighted by Gasteiger charge is -2.32. The maximum absolute atomic E-state index is 12.5. The Morgan fingerprint density at radius 3 is 2.63 bits per heavy atom. The molecule has 0 aliphatic carbocycles. The number of likely N-dealkylation sites (tertiary alicyclic amines) is 1. The molecule has 1 atom stereocenters. The minimum Gasteiger partial charge on any atom is -0.383 e. The Kier molecular flexibility index (Phi) is 6.82. The summed E-state index contributed by atoms with van der Waals surface area (Å²) in [7, 11) is 0. The normalized spacial score (nSPS) is 15.1. The molecule has 1 saturated heterocycles. The Morgan fingerprint density at radius 2 is 1.92 bits per heavy atom. The van der Waals surface area contributed by atoms with Crippen molar-refractivity contribution in [1.82, 2.24) is 30.0 Å². The minimum absolute atomic E-state index is 0.0464. The number of nitrogens with zero attached hydrogens (tertiary/aromatic N) is 6. The number of amides is 2. The number of benzene rings is 2. The van der Waals surface area contributed by atoms with Crippen molar-refractivity contribution in [3.05, 3.63) is 84.2 Å². The van der Waals surface area contributed by atoms with Crippen molar-refractivity contribution in [2.75, 3.05) is 18.8 Å². The van der Waals surface area contributed by atoms with Gasteiger partial charge in [-0.15, -0.1) is 0 Å². The van der Waals surface area contributed by atoms with E-state index in [1.54, 1.807) is 29.2 Å². The number of nitrogen functional groups attached to an aromatic ring is 1. The topological polar surface area (TPSA) is 143 Å². The second-order valence-corrected chi connectivity index (χ2v) is 9.10. The highest BCUT2D eigenvalue weighted by Gasteiger charge is 2.28. The average Bonchev–Trinajstić information content (AvgIpc) is 3.37. The van der Waals surface area contributed by atoms with Crippen molar-refractivity contribution in [3.63, 3.8) is 0 Å². The van der Waals surface area contributed by atoms with Gasteiger partial charge in [-0.25, -0.2) is 14.6 Å². The van der Waals surface area contributed by atoms with E-state index in [-0.39, 0.29) is 17.9 Å². The number of hydrogen-bond acceptors (Lipinski definition) is 7. The molecule has 0 radical (unpaired) electrons. The van der Waals surface area contributed by atoms with E-state index < -0.39 is 0 Å². The number of piperidine rings is 1. The highest BCUT2D eigenvalue weighted by molar-refractivity contribution is 5.98. The zero-order valence-electron chi connectivity index (χ0n) is 20.7. The number of fused-ring (bicyclic) bond motifs is 1. The van der Waals surface area contributed by atoms with E-state index >= 15 is 0 Å². The molecule has 5 rings (SSSR count).